The lowest BCUT2D eigenvalue weighted by molar-refractivity contribution is -0.150. The maximum Gasteiger partial charge on any atom is 0.332 e. The molecule has 0 aliphatic carbocycles. The van der Waals surface area contributed by atoms with E-state index in [1.165, 1.54) is 0 Å². The van der Waals surface area contributed by atoms with Crippen LogP contribution in [0.1, 0.15) is 84.9 Å². The third-order valence-electron chi connectivity index (χ3n) is 8.17. The number of methoxy groups -OCH3 is 1. The number of anilines is 1. The maximum absolute atomic E-state index is 13.9. The number of piperidine rings is 1. The van der Waals surface area contributed by atoms with Crippen molar-refractivity contribution in [1.82, 2.24) is 10.2 Å². The van der Waals surface area contributed by atoms with Crippen molar-refractivity contribution in [1.29, 1.82) is 5.41 Å². The van der Waals surface area contributed by atoms with Gasteiger partial charge in [0.05, 0.1) is 44.2 Å². The monoisotopic (exact) mass is 702 g/mol. The molecule has 2 aliphatic heterocycles. The standard InChI is InChI=1S/C34H46N4O7.BrH/c1-8-43-29-16-22-18-38(32(35)24(22)17-25(29)33(41)36-6)19-28(39)21-14-26(34(3,4)5)31(42-7)27(15-21)37-12-10-23(11-13-37)45-20-30(40)44-9-2;/h14-17,23,35H,8-13,18-20H2,1-7H3,(H,36,41);1H. The van der Waals surface area contributed by atoms with Crippen molar-refractivity contribution in [3.05, 3.63) is 52.1 Å². The van der Waals surface area contributed by atoms with E-state index < -0.39 is 0 Å². The molecule has 0 bridgehead atoms. The van der Waals surface area contributed by atoms with Gasteiger partial charge in [-0.05, 0) is 61.9 Å². The summed E-state index contributed by atoms with van der Waals surface area (Å²) in [6, 6.07) is 7.27. The fraction of sp³-hybridized carbons (Fsp3) is 0.529. The highest BCUT2D eigenvalue weighted by Gasteiger charge is 2.32. The molecule has 11 nitrogen and oxygen atoms in total. The molecule has 2 N–H and O–H groups in total. The first kappa shape index (κ1) is 36.8. The van der Waals surface area contributed by atoms with Gasteiger partial charge in [0.25, 0.3) is 5.91 Å². The lowest BCUT2D eigenvalue weighted by Crippen LogP contribution is -2.38. The van der Waals surface area contributed by atoms with Gasteiger partial charge in [0.2, 0.25) is 0 Å². The van der Waals surface area contributed by atoms with E-state index in [1.807, 2.05) is 19.1 Å². The molecule has 12 heteroatoms. The molecule has 0 saturated carbocycles. The molecule has 2 aliphatic rings. The Labute approximate surface area is 282 Å². The number of ether oxygens (including phenoxy) is 4. The van der Waals surface area contributed by atoms with Crippen molar-refractivity contribution in [3.63, 3.8) is 0 Å². The predicted octanol–water partition coefficient (Wildman–Crippen LogP) is 4.90. The Morgan fingerprint density at radius 3 is 2.33 bits per heavy atom. The summed E-state index contributed by atoms with van der Waals surface area (Å²) < 4.78 is 22.4. The van der Waals surface area contributed by atoms with Gasteiger partial charge in [-0.25, -0.2) is 4.79 Å². The zero-order valence-corrected chi connectivity index (χ0v) is 29.6. The maximum atomic E-state index is 13.9. The number of amidine groups is 1. The van der Waals surface area contributed by atoms with Crippen LogP contribution in [-0.4, -0.2) is 88.1 Å². The zero-order chi connectivity index (χ0) is 32.9. The Kier molecular flexibility index (Phi) is 12.6. The van der Waals surface area contributed by atoms with Crippen LogP contribution in [0.4, 0.5) is 5.69 Å². The van der Waals surface area contributed by atoms with Crippen molar-refractivity contribution in [2.24, 2.45) is 0 Å². The van der Waals surface area contributed by atoms with E-state index >= 15 is 0 Å². The number of Topliss-reactive ketones (excluding diaryl/α,β-unsaturated/α-hetero) is 1. The Balaban J connectivity index is 0.00000576. The van der Waals surface area contributed by atoms with Crippen LogP contribution in [0.5, 0.6) is 11.5 Å². The molecule has 1 fully saturated rings. The SMILES string of the molecule is Br.CCOC(=O)COC1CCN(c2cc(C(=O)CN3Cc4cc(OCC)c(C(=O)NC)cc4C3=N)cc(C(C)(C)C)c2OC)CC1. The summed E-state index contributed by atoms with van der Waals surface area (Å²) in [5.41, 5.74) is 3.81. The molecule has 0 atom stereocenters. The van der Waals surface area contributed by atoms with Crippen molar-refractivity contribution in [2.75, 3.05) is 58.5 Å². The number of hydrogen-bond donors (Lipinski definition) is 2. The second kappa shape index (κ2) is 15.8. The predicted molar refractivity (Wildman–Crippen MR) is 182 cm³/mol. The van der Waals surface area contributed by atoms with Crippen LogP contribution in [0.15, 0.2) is 24.3 Å². The molecule has 2 heterocycles. The van der Waals surface area contributed by atoms with Gasteiger partial charge in [0.15, 0.2) is 5.78 Å². The van der Waals surface area contributed by atoms with E-state index in [2.05, 4.69) is 31.0 Å². The van der Waals surface area contributed by atoms with Gasteiger partial charge in [0.1, 0.15) is 23.9 Å². The topological polar surface area (TPSA) is 130 Å². The number of amides is 1. The summed E-state index contributed by atoms with van der Waals surface area (Å²) in [5.74, 6) is 0.613. The highest BCUT2D eigenvalue weighted by Crippen LogP contribution is 2.41. The van der Waals surface area contributed by atoms with Gasteiger partial charge in [-0.1, -0.05) is 20.8 Å². The average Bonchev–Trinajstić information content (AvgIpc) is 3.31. The van der Waals surface area contributed by atoms with Crippen LogP contribution < -0.4 is 19.7 Å². The minimum atomic E-state index is -0.363. The molecule has 2 aromatic carbocycles. The average molecular weight is 704 g/mol. The molecule has 2 aromatic rings. The van der Waals surface area contributed by atoms with Crippen LogP contribution >= 0.6 is 17.0 Å². The zero-order valence-electron chi connectivity index (χ0n) is 27.9. The van der Waals surface area contributed by atoms with Crippen LogP contribution in [0.2, 0.25) is 0 Å². The van der Waals surface area contributed by atoms with E-state index in [4.69, 9.17) is 24.4 Å². The van der Waals surface area contributed by atoms with E-state index in [-0.39, 0.29) is 65.1 Å². The number of carbonyl (C=O) groups excluding carboxylic acids is 3. The summed E-state index contributed by atoms with van der Waals surface area (Å²) >= 11 is 0. The smallest absolute Gasteiger partial charge is 0.332 e. The van der Waals surface area contributed by atoms with Gasteiger partial charge in [-0.2, -0.15) is 0 Å². The largest absolute Gasteiger partial charge is 0.494 e. The van der Waals surface area contributed by atoms with Crippen LogP contribution in [-0.2, 0) is 26.2 Å². The van der Waals surface area contributed by atoms with E-state index in [0.717, 1.165) is 35.4 Å². The summed E-state index contributed by atoms with van der Waals surface area (Å²) in [6.45, 7) is 12.3. The van der Waals surface area contributed by atoms with Crippen LogP contribution in [0.25, 0.3) is 0 Å². The highest BCUT2D eigenvalue weighted by atomic mass is 79.9. The molecular formula is C34H47BrN4O7. The van der Waals surface area contributed by atoms with Gasteiger partial charge in [-0.3, -0.25) is 15.0 Å². The number of benzene rings is 2. The minimum absolute atomic E-state index is 0. The first-order chi connectivity index (χ1) is 21.4. The molecule has 0 radical (unpaired) electrons. The number of nitrogens with one attached hydrogen (secondary N) is 2. The van der Waals surface area contributed by atoms with Gasteiger partial charge >= 0.3 is 5.97 Å². The molecule has 0 unspecified atom stereocenters. The van der Waals surface area contributed by atoms with E-state index in [9.17, 15) is 14.4 Å². The molecular weight excluding hydrogens is 656 g/mol. The molecule has 0 spiro atoms. The second-order valence-electron chi connectivity index (χ2n) is 12.3. The van der Waals surface area contributed by atoms with E-state index in [1.54, 1.807) is 38.1 Å². The number of hydrogen-bond acceptors (Lipinski definition) is 9. The fourth-order valence-electron chi connectivity index (χ4n) is 5.85. The lowest BCUT2D eigenvalue weighted by atomic mass is 9.84. The second-order valence-corrected chi connectivity index (χ2v) is 12.3. The molecule has 46 heavy (non-hydrogen) atoms. The third kappa shape index (κ3) is 8.19. The molecule has 4 rings (SSSR count). The Hall–Kier alpha value is -3.64. The summed E-state index contributed by atoms with van der Waals surface area (Å²) in [5, 5.41) is 11.5. The fourth-order valence-corrected chi connectivity index (χ4v) is 5.85. The summed E-state index contributed by atoms with van der Waals surface area (Å²) in [7, 11) is 3.20. The van der Waals surface area contributed by atoms with Crippen molar-refractivity contribution in [2.45, 2.75) is 65.5 Å². The van der Waals surface area contributed by atoms with E-state index in [0.29, 0.717) is 55.3 Å². The number of nitrogens with zero attached hydrogens (tertiary/aromatic N) is 2. The van der Waals surface area contributed by atoms with Crippen LogP contribution in [0.3, 0.4) is 0 Å². The first-order valence-corrected chi connectivity index (χ1v) is 15.5. The summed E-state index contributed by atoms with van der Waals surface area (Å²) in [4.78, 5) is 42.1. The quantitative estimate of drug-likeness (QED) is 0.234. The molecule has 252 valence electrons. The Morgan fingerprint density at radius 1 is 1.04 bits per heavy atom. The Bertz CT molecular complexity index is 1450. The number of ketones is 1. The number of rotatable bonds is 12. The third-order valence-corrected chi connectivity index (χ3v) is 8.17. The van der Waals surface area contributed by atoms with Crippen LogP contribution in [0, 0.1) is 5.41 Å². The highest BCUT2D eigenvalue weighted by molar-refractivity contribution is 8.93. The summed E-state index contributed by atoms with van der Waals surface area (Å²) in [6.07, 6.45) is 1.38. The normalized spacial score (nSPS) is 14.8. The van der Waals surface area contributed by atoms with Crippen molar-refractivity contribution >= 4 is 46.2 Å². The van der Waals surface area contributed by atoms with Gasteiger partial charge < -0.3 is 34.1 Å². The number of fused-ring (bicyclic) bond motifs is 1. The number of halogens is 1. The minimum Gasteiger partial charge on any atom is -0.494 e. The van der Waals surface area contributed by atoms with Crippen molar-refractivity contribution < 1.29 is 33.3 Å². The number of carbonyl (C=O) groups is 3. The Morgan fingerprint density at radius 2 is 1.74 bits per heavy atom. The number of esters is 1. The van der Waals surface area contributed by atoms with Gasteiger partial charge in [0, 0.05) is 43.4 Å². The lowest BCUT2D eigenvalue weighted by Gasteiger charge is -2.36. The molecule has 0 aromatic heterocycles. The van der Waals surface area contributed by atoms with Crippen molar-refractivity contribution in [3.8, 4) is 11.5 Å². The molecule has 1 amide bonds. The molecule has 1 saturated heterocycles. The first-order valence-electron chi connectivity index (χ1n) is 15.5. The van der Waals surface area contributed by atoms with Gasteiger partial charge in [-0.15, -0.1) is 17.0 Å².